The largest absolute Gasteiger partial charge is 0.436 e. The number of benzene rings is 3. The van der Waals surface area contributed by atoms with Crippen LogP contribution in [0.25, 0.3) is 22.6 Å². The number of oxazole rings is 1. The van der Waals surface area contributed by atoms with E-state index in [0.717, 1.165) is 30.3 Å². The third-order valence-electron chi connectivity index (χ3n) is 5.15. The molecule has 0 fully saturated rings. The molecule has 0 aliphatic heterocycles. The minimum Gasteiger partial charge on any atom is -0.436 e. The number of non-ortho nitro benzene ring substituents is 1. The summed E-state index contributed by atoms with van der Waals surface area (Å²) in [4.78, 5) is 13.8. The van der Waals surface area contributed by atoms with E-state index in [9.17, 15) is 40.1 Å². The number of fused-ring (bicyclic) bond motifs is 1. The van der Waals surface area contributed by atoms with Gasteiger partial charge in [-0.25, -0.2) is 13.4 Å². The standard InChI is InChI=1S/C22H15F3N2O8S2/c1-2-36(30,31)15-7-9-20-18(12-15)26-21(34-20)17-11-14(27(28)29)6-8-19(17)35-37(32,33)16-5-3-4-13(10-16)22(23,24)25/h3-12H,2H2,1H3. The van der Waals surface area contributed by atoms with Crippen LogP contribution in [-0.2, 0) is 26.1 Å². The van der Waals surface area contributed by atoms with Gasteiger partial charge in [-0.15, -0.1) is 0 Å². The lowest BCUT2D eigenvalue weighted by molar-refractivity contribution is -0.384. The van der Waals surface area contributed by atoms with Gasteiger partial charge in [-0.05, 0) is 42.5 Å². The smallest absolute Gasteiger partial charge is 0.416 e. The maximum atomic E-state index is 13.1. The fraction of sp³-hybridized carbons (Fsp3) is 0.136. The monoisotopic (exact) mass is 556 g/mol. The van der Waals surface area contributed by atoms with Gasteiger partial charge < -0.3 is 8.60 Å². The molecular formula is C22H15F3N2O8S2. The van der Waals surface area contributed by atoms with E-state index < -0.39 is 53.0 Å². The van der Waals surface area contributed by atoms with Crippen molar-refractivity contribution in [2.24, 2.45) is 0 Å². The van der Waals surface area contributed by atoms with Gasteiger partial charge in [-0.3, -0.25) is 10.1 Å². The first-order chi connectivity index (χ1) is 17.2. The van der Waals surface area contributed by atoms with Gasteiger partial charge in [0.25, 0.3) is 5.69 Å². The molecule has 37 heavy (non-hydrogen) atoms. The Hall–Kier alpha value is -3.98. The van der Waals surface area contributed by atoms with Crippen molar-refractivity contribution in [3.05, 3.63) is 76.3 Å². The van der Waals surface area contributed by atoms with E-state index >= 15 is 0 Å². The summed E-state index contributed by atoms with van der Waals surface area (Å²) in [5.74, 6) is -1.05. The minimum atomic E-state index is -4.84. The number of nitro benzene ring substituents is 1. The van der Waals surface area contributed by atoms with Gasteiger partial charge in [0.15, 0.2) is 21.2 Å². The molecule has 0 aliphatic rings. The number of alkyl halides is 3. The molecule has 4 aromatic rings. The molecule has 0 bridgehead atoms. The molecule has 1 heterocycles. The fourth-order valence-corrected chi connectivity index (χ4v) is 5.14. The number of rotatable bonds is 7. The van der Waals surface area contributed by atoms with Crippen LogP contribution in [0, 0.1) is 10.1 Å². The number of sulfone groups is 1. The highest BCUT2D eigenvalue weighted by atomic mass is 32.2. The van der Waals surface area contributed by atoms with E-state index in [1.165, 1.54) is 25.1 Å². The third-order valence-corrected chi connectivity index (χ3v) is 8.11. The molecule has 0 amide bonds. The topological polar surface area (TPSA) is 147 Å². The summed E-state index contributed by atoms with van der Waals surface area (Å²) in [5.41, 5.74) is -1.87. The van der Waals surface area contributed by atoms with Gasteiger partial charge in [0.05, 0.1) is 26.7 Å². The second-order valence-electron chi connectivity index (χ2n) is 7.55. The normalized spacial score (nSPS) is 12.5. The molecule has 0 spiro atoms. The number of aromatic nitrogens is 1. The van der Waals surface area contributed by atoms with Crippen LogP contribution >= 0.6 is 0 Å². The number of nitro groups is 1. The van der Waals surface area contributed by atoms with Crippen LogP contribution in [0.4, 0.5) is 18.9 Å². The molecule has 0 saturated heterocycles. The van der Waals surface area contributed by atoms with E-state index in [4.69, 9.17) is 8.60 Å². The molecule has 10 nitrogen and oxygen atoms in total. The van der Waals surface area contributed by atoms with Crippen LogP contribution in [-0.4, -0.2) is 32.5 Å². The Labute approximate surface area is 207 Å². The summed E-state index contributed by atoms with van der Waals surface area (Å²) >= 11 is 0. The van der Waals surface area contributed by atoms with Crippen LogP contribution in [0.1, 0.15) is 12.5 Å². The van der Waals surface area contributed by atoms with E-state index in [2.05, 4.69) is 4.98 Å². The zero-order valence-corrected chi connectivity index (χ0v) is 20.2. The Morgan fingerprint density at radius 1 is 1.00 bits per heavy atom. The fourth-order valence-electron chi connectivity index (χ4n) is 3.25. The van der Waals surface area contributed by atoms with Crippen molar-refractivity contribution in [1.29, 1.82) is 0 Å². The number of halogens is 3. The Morgan fingerprint density at radius 2 is 1.73 bits per heavy atom. The molecule has 4 rings (SSSR count). The average molecular weight is 556 g/mol. The lowest BCUT2D eigenvalue weighted by Gasteiger charge is -2.12. The molecular weight excluding hydrogens is 541 g/mol. The molecule has 0 saturated carbocycles. The Kier molecular flexibility index (Phi) is 6.45. The molecule has 0 aliphatic carbocycles. The SMILES string of the molecule is CCS(=O)(=O)c1ccc2oc(-c3cc([N+](=O)[O-])ccc3OS(=O)(=O)c3cccc(C(F)(F)F)c3)nc2c1. The summed E-state index contributed by atoms with van der Waals surface area (Å²) in [6.45, 7) is 1.45. The van der Waals surface area contributed by atoms with Crippen molar-refractivity contribution < 1.29 is 43.5 Å². The van der Waals surface area contributed by atoms with Crippen LogP contribution in [0.3, 0.4) is 0 Å². The van der Waals surface area contributed by atoms with Gasteiger partial charge in [0.2, 0.25) is 5.89 Å². The van der Waals surface area contributed by atoms with E-state index in [1.807, 2.05) is 0 Å². The molecule has 0 unspecified atom stereocenters. The molecule has 0 atom stereocenters. The van der Waals surface area contributed by atoms with Gasteiger partial charge >= 0.3 is 16.3 Å². The second kappa shape index (κ2) is 9.15. The van der Waals surface area contributed by atoms with Crippen molar-refractivity contribution >= 4 is 36.7 Å². The number of nitrogens with zero attached hydrogens (tertiary/aromatic N) is 2. The average Bonchev–Trinajstić information content (AvgIpc) is 3.27. The Bertz CT molecular complexity index is 1750. The van der Waals surface area contributed by atoms with Crippen molar-refractivity contribution in [1.82, 2.24) is 4.98 Å². The molecule has 15 heteroatoms. The van der Waals surface area contributed by atoms with Crippen LogP contribution < -0.4 is 4.18 Å². The highest BCUT2D eigenvalue weighted by molar-refractivity contribution is 7.91. The summed E-state index contributed by atoms with van der Waals surface area (Å²) in [6, 6.07) is 9.42. The summed E-state index contributed by atoms with van der Waals surface area (Å²) in [6.07, 6.45) is -4.81. The molecule has 194 valence electrons. The van der Waals surface area contributed by atoms with Gasteiger partial charge in [0, 0.05) is 12.1 Å². The van der Waals surface area contributed by atoms with E-state index in [0.29, 0.717) is 12.1 Å². The summed E-state index contributed by atoms with van der Waals surface area (Å²) in [7, 11) is -8.43. The molecule has 3 aromatic carbocycles. The predicted octanol–water partition coefficient (Wildman–Crippen LogP) is 4.98. The maximum Gasteiger partial charge on any atom is 0.416 e. The molecule has 0 N–H and O–H groups in total. The van der Waals surface area contributed by atoms with Gasteiger partial charge in [0.1, 0.15) is 10.4 Å². The van der Waals surface area contributed by atoms with Crippen LogP contribution in [0.2, 0.25) is 0 Å². The summed E-state index contributed by atoms with van der Waals surface area (Å²) < 4.78 is 99.8. The lowest BCUT2D eigenvalue weighted by atomic mass is 10.2. The van der Waals surface area contributed by atoms with Crippen molar-refractivity contribution in [2.45, 2.75) is 22.9 Å². The van der Waals surface area contributed by atoms with Crippen LogP contribution in [0.5, 0.6) is 5.75 Å². The second-order valence-corrected chi connectivity index (χ2v) is 11.4. The zero-order chi connectivity index (χ0) is 27.2. The van der Waals surface area contributed by atoms with E-state index in [1.54, 1.807) is 0 Å². The Morgan fingerprint density at radius 3 is 2.38 bits per heavy atom. The highest BCUT2D eigenvalue weighted by Gasteiger charge is 2.32. The third kappa shape index (κ3) is 5.27. The maximum absolute atomic E-state index is 13.1. The van der Waals surface area contributed by atoms with Crippen molar-refractivity contribution in [2.75, 3.05) is 5.75 Å². The van der Waals surface area contributed by atoms with E-state index in [-0.39, 0.29) is 33.2 Å². The zero-order valence-electron chi connectivity index (χ0n) is 18.6. The van der Waals surface area contributed by atoms with Gasteiger partial charge in [-0.2, -0.15) is 21.6 Å². The summed E-state index contributed by atoms with van der Waals surface area (Å²) in [5, 5.41) is 11.3. The first-order valence-electron chi connectivity index (χ1n) is 10.3. The quantitative estimate of drug-likeness (QED) is 0.175. The first kappa shape index (κ1) is 26.1. The Balaban J connectivity index is 1.82. The predicted molar refractivity (Wildman–Crippen MR) is 123 cm³/mol. The van der Waals surface area contributed by atoms with Crippen molar-refractivity contribution in [3.63, 3.8) is 0 Å². The van der Waals surface area contributed by atoms with Crippen LogP contribution in [0.15, 0.2) is 74.9 Å². The molecule has 0 radical (unpaired) electrons. The molecule has 1 aromatic heterocycles. The number of hydrogen-bond acceptors (Lipinski definition) is 9. The van der Waals surface area contributed by atoms with Crippen molar-refractivity contribution in [3.8, 4) is 17.2 Å². The number of hydrogen-bond donors (Lipinski definition) is 0. The first-order valence-corrected chi connectivity index (χ1v) is 13.3. The van der Waals surface area contributed by atoms with Gasteiger partial charge in [-0.1, -0.05) is 13.0 Å². The lowest BCUT2D eigenvalue weighted by Crippen LogP contribution is -2.13. The highest BCUT2D eigenvalue weighted by Crippen LogP contribution is 2.37. The minimum absolute atomic E-state index is 0.0509.